The molecule has 1 saturated carbocycles. The van der Waals surface area contributed by atoms with Gasteiger partial charge in [0.1, 0.15) is 0 Å². The van der Waals surface area contributed by atoms with Crippen LogP contribution >= 0.6 is 0 Å². The molecule has 1 aliphatic carbocycles. The van der Waals surface area contributed by atoms with Crippen LogP contribution in [0.2, 0.25) is 0 Å². The molecule has 136 valence electrons. The van der Waals surface area contributed by atoms with Crippen LogP contribution in [0.4, 0.5) is 0 Å². The van der Waals surface area contributed by atoms with Crippen molar-refractivity contribution in [1.29, 1.82) is 0 Å². The summed E-state index contributed by atoms with van der Waals surface area (Å²) in [6, 6.07) is 4.12. The van der Waals surface area contributed by atoms with Gasteiger partial charge in [-0.2, -0.15) is 0 Å². The molecule has 1 N–H and O–H groups in total. The fraction of sp³-hybridized carbons (Fsp3) is 0.650. The van der Waals surface area contributed by atoms with E-state index in [-0.39, 0.29) is 11.9 Å². The van der Waals surface area contributed by atoms with E-state index in [4.69, 9.17) is 0 Å². The number of nitrogens with zero attached hydrogens (tertiary/aromatic N) is 2. The van der Waals surface area contributed by atoms with E-state index in [2.05, 4.69) is 10.3 Å². The second-order valence-electron chi connectivity index (χ2n) is 7.44. The number of nitrogens with one attached hydrogen (secondary N) is 1. The number of amides is 2. The number of hydrogen-bond acceptors (Lipinski definition) is 3. The van der Waals surface area contributed by atoms with Gasteiger partial charge in [0.15, 0.2) is 0 Å². The highest BCUT2D eigenvalue weighted by Crippen LogP contribution is 2.33. The van der Waals surface area contributed by atoms with Gasteiger partial charge in [0.05, 0.1) is 11.7 Å². The molecule has 1 aromatic rings. The number of pyridine rings is 1. The van der Waals surface area contributed by atoms with Crippen molar-refractivity contribution < 1.29 is 9.59 Å². The number of rotatable bonds is 6. The quantitative estimate of drug-likeness (QED) is 0.861. The Balaban J connectivity index is 1.56. The SMILES string of the molecule is CC(=O)NCc1ccc([C@@H]2CCCN2C(=O)CCC2CCCC2)nc1. The van der Waals surface area contributed by atoms with E-state index >= 15 is 0 Å². The molecule has 2 heterocycles. The molecule has 1 saturated heterocycles. The Hall–Kier alpha value is -1.91. The lowest BCUT2D eigenvalue weighted by molar-refractivity contribution is -0.132. The molecule has 5 heteroatoms. The highest BCUT2D eigenvalue weighted by atomic mass is 16.2. The molecule has 3 rings (SSSR count). The maximum atomic E-state index is 12.7. The molecule has 25 heavy (non-hydrogen) atoms. The predicted octanol–water partition coefficient (Wildman–Crippen LogP) is 3.35. The highest BCUT2D eigenvalue weighted by Gasteiger charge is 2.31. The first-order chi connectivity index (χ1) is 12.1. The molecule has 0 aromatic carbocycles. The van der Waals surface area contributed by atoms with E-state index in [0.717, 1.165) is 43.0 Å². The van der Waals surface area contributed by atoms with E-state index in [0.29, 0.717) is 18.9 Å². The van der Waals surface area contributed by atoms with E-state index in [1.807, 2.05) is 23.2 Å². The van der Waals surface area contributed by atoms with Gasteiger partial charge in [-0.25, -0.2) is 0 Å². The summed E-state index contributed by atoms with van der Waals surface area (Å²) in [5.74, 6) is 1.01. The minimum atomic E-state index is -0.0427. The van der Waals surface area contributed by atoms with Gasteiger partial charge in [0, 0.05) is 32.6 Å². The van der Waals surface area contributed by atoms with Crippen molar-refractivity contribution >= 4 is 11.8 Å². The minimum absolute atomic E-state index is 0.0427. The Kier molecular flexibility index (Phi) is 6.05. The van der Waals surface area contributed by atoms with Gasteiger partial charge < -0.3 is 10.2 Å². The van der Waals surface area contributed by atoms with Crippen LogP contribution in [0.1, 0.15) is 75.6 Å². The first-order valence-corrected chi connectivity index (χ1v) is 9.62. The van der Waals surface area contributed by atoms with E-state index in [1.54, 1.807) is 0 Å². The van der Waals surface area contributed by atoms with Crippen molar-refractivity contribution in [3.05, 3.63) is 29.6 Å². The van der Waals surface area contributed by atoms with Gasteiger partial charge >= 0.3 is 0 Å². The Morgan fingerprint density at radius 1 is 1.20 bits per heavy atom. The Morgan fingerprint density at radius 3 is 2.68 bits per heavy atom. The summed E-state index contributed by atoms with van der Waals surface area (Å²) in [4.78, 5) is 30.3. The minimum Gasteiger partial charge on any atom is -0.352 e. The molecule has 1 aliphatic heterocycles. The normalized spacial score (nSPS) is 20.8. The number of aromatic nitrogens is 1. The zero-order chi connectivity index (χ0) is 17.6. The van der Waals surface area contributed by atoms with Crippen LogP contribution < -0.4 is 5.32 Å². The summed E-state index contributed by atoms with van der Waals surface area (Å²) in [6.07, 6.45) is 10.8. The largest absolute Gasteiger partial charge is 0.352 e. The van der Waals surface area contributed by atoms with Gasteiger partial charge in [0.25, 0.3) is 0 Å². The zero-order valence-corrected chi connectivity index (χ0v) is 15.2. The lowest BCUT2D eigenvalue weighted by Gasteiger charge is -2.25. The van der Waals surface area contributed by atoms with E-state index < -0.39 is 0 Å². The lowest BCUT2D eigenvalue weighted by atomic mass is 10.0. The number of hydrogen-bond donors (Lipinski definition) is 1. The molecule has 2 aliphatic rings. The van der Waals surface area contributed by atoms with Crippen LogP contribution in [0.15, 0.2) is 18.3 Å². The van der Waals surface area contributed by atoms with E-state index in [9.17, 15) is 9.59 Å². The van der Waals surface area contributed by atoms with Crippen LogP contribution in [0.5, 0.6) is 0 Å². The van der Waals surface area contributed by atoms with Gasteiger partial charge in [0.2, 0.25) is 11.8 Å². The van der Waals surface area contributed by atoms with Crippen molar-refractivity contribution in [2.75, 3.05) is 6.54 Å². The third-order valence-corrected chi connectivity index (χ3v) is 5.54. The van der Waals surface area contributed by atoms with Gasteiger partial charge in [-0.15, -0.1) is 0 Å². The van der Waals surface area contributed by atoms with Crippen molar-refractivity contribution in [2.24, 2.45) is 5.92 Å². The maximum absolute atomic E-state index is 12.7. The summed E-state index contributed by atoms with van der Waals surface area (Å²) >= 11 is 0. The molecular formula is C20H29N3O2. The average Bonchev–Trinajstić information content (AvgIpc) is 3.30. The second kappa shape index (κ2) is 8.45. The lowest BCUT2D eigenvalue weighted by Crippen LogP contribution is -2.31. The monoisotopic (exact) mass is 343 g/mol. The molecule has 0 unspecified atom stereocenters. The van der Waals surface area contributed by atoms with Gasteiger partial charge in [-0.05, 0) is 36.8 Å². The van der Waals surface area contributed by atoms with Gasteiger partial charge in [-0.3, -0.25) is 14.6 Å². The second-order valence-corrected chi connectivity index (χ2v) is 7.44. The highest BCUT2D eigenvalue weighted by molar-refractivity contribution is 5.77. The van der Waals surface area contributed by atoms with Gasteiger partial charge in [-0.1, -0.05) is 31.7 Å². The topological polar surface area (TPSA) is 62.3 Å². The van der Waals surface area contributed by atoms with Crippen LogP contribution in [-0.2, 0) is 16.1 Å². The number of likely N-dealkylation sites (tertiary alicyclic amines) is 1. The third kappa shape index (κ3) is 4.80. The standard InChI is InChI=1S/C20H29N3O2/c1-15(24)21-13-17-8-10-18(22-14-17)19-7-4-12-23(19)20(25)11-9-16-5-2-3-6-16/h8,10,14,16,19H,2-7,9,11-13H2,1H3,(H,21,24)/t19-/m0/s1. The molecule has 5 nitrogen and oxygen atoms in total. The molecule has 1 aromatic heterocycles. The molecule has 0 spiro atoms. The fourth-order valence-corrected chi connectivity index (χ4v) is 4.11. The van der Waals surface area contributed by atoms with Crippen molar-refractivity contribution in [3.8, 4) is 0 Å². The average molecular weight is 343 g/mol. The zero-order valence-electron chi connectivity index (χ0n) is 15.2. The van der Waals surface area contributed by atoms with E-state index in [1.165, 1.54) is 32.6 Å². The van der Waals surface area contributed by atoms with Crippen molar-refractivity contribution in [3.63, 3.8) is 0 Å². The smallest absolute Gasteiger partial charge is 0.223 e. The predicted molar refractivity (Wildman–Crippen MR) is 96.6 cm³/mol. The summed E-state index contributed by atoms with van der Waals surface area (Å²) in [5, 5.41) is 2.78. The van der Waals surface area contributed by atoms with Crippen molar-refractivity contribution in [2.45, 2.75) is 70.9 Å². The summed E-state index contributed by atoms with van der Waals surface area (Å²) in [5.41, 5.74) is 1.95. The summed E-state index contributed by atoms with van der Waals surface area (Å²) in [7, 11) is 0. The summed E-state index contributed by atoms with van der Waals surface area (Å²) < 4.78 is 0. The molecule has 2 amide bonds. The molecule has 0 radical (unpaired) electrons. The Bertz CT molecular complexity index is 593. The molecule has 1 atom stereocenters. The fourth-order valence-electron chi connectivity index (χ4n) is 4.11. The maximum Gasteiger partial charge on any atom is 0.223 e. The first-order valence-electron chi connectivity index (χ1n) is 9.62. The Labute approximate surface area is 150 Å². The van der Waals surface area contributed by atoms with Crippen LogP contribution in [0.3, 0.4) is 0 Å². The van der Waals surface area contributed by atoms with Crippen molar-refractivity contribution in [1.82, 2.24) is 15.2 Å². The molecule has 2 fully saturated rings. The number of carbonyl (C=O) groups is 2. The Morgan fingerprint density at radius 2 is 2.00 bits per heavy atom. The number of carbonyl (C=O) groups excluding carboxylic acids is 2. The summed E-state index contributed by atoms with van der Waals surface area (Å²) in [6.45, 7) is 2.86. The first kappa shape index (κ1) is 17.9. The van der Waals surface area contributed by atoms with Crippen LogP contribution in [0, 0.1) is 5.92 Å². The van der Waals surface area contributed by atoms with Crippen LogP contribution in [0.25, 0.3) is 0 Å². The molecule has 0 bridgehead atoms. The molecular weight excluding hydrogens is 314 g/mol. The van der Waals surface area contributed by atoms with Crippen LogP contribution in [-0.4, -0.2) is 28.2 Å². The third-order valence-electron chi connectivity index (χ3n) is 5.54.